The van der Waals surface area contributed by atoms with E-state index in [1.807, 2.05) is 42.5 Å². The SMILES string of the molecule is COc1c(O)ccc2c1-c1ccc3ccc(O)cc3c1CSS[C@H]1CC[C@@H](C[C@H]1O)[C@@H](O[C@H](NC1CCCC1)c1ccc(NCC(C)=O)c(CO)c1)CC(=O)CC2. The van der Waals surface area contributed by atoms with Crippen molar-refractivity contribution in [2.45, 2.75) is 113 Å². The van der Waals surface area contributed by atoms with Crippen LogP contribution in [0.1, 0.15) is 93.2 Å². The summed E-state index contributed by atoms with van der Waals surface area (Å²) in [5.41, 5.74) is 5.61. The first kappa shape index (κ1) is 41.4. The molecule has 2 fully saturated rings. The summed E-state index contributed by atoms with van der Waals surface area (Å²) in [7, 11) is 4.88. The van der Waals surface area contributed by atoms with Crippen molar-refractivity contribution in [2.75, 3.05) is 19.0 Å². The number of methoxy groups -OCH3 is 1. The van der Waals surface area contributed by atoms with Crippen LogP contribution in [0.25, 0.3) is 21.9 Å². The van der Waals surface area contributed by atoms with Crippen molar-refractivity contribution in [2.24, 2.45) is 5.92 Å². The third-order valence-corrected chi connectivity index (χ3v) is 14.7. The minimum Gasteiger partial charge on any atom is -0.508 e. The second kappa shape index (κ2) is 18.9. The number of benzene rings is 4. The van der Waals surface area contributed by atoms with Gasteiger partial charge in [0.1, 0.15) is 23.5 Å². The van der Waals surface area contributed by atoms with E-state index in [1.165, 1.54) is 14.0 Å². The zero-order valence-corrected chi connectivity index (χ0v) is 34.3. The lowest BCUT2D eigenvalue weighted by atomic mass is 9.81. The first-order chi connectivity index (χ1) is 27.6. The molecule has 304 valence electrons. The molecule has 2 aliphatic carbocycles. The van der Waals surface area contributed by atoms with Crippen LogP contribution in [-0.4, -0.2) is 69.1 Å². The average Bonchev–Trinajstić information content (AvgIpc) is 3.72. The van der Waals surface area contributed by atoms with E-state index in [-0.39, 0.29) is 66.3 Å². The largest absolute Gasteiger partial charge is 0.508 e. The van der Waals surface area contributed by atoms with E-state index in [1.54, 1.807) is 39.8 Å². The predicted molar refractivity (Wildman–Crippen MR) is 228 cm³/mol. The van der Waals surface area contributed by atoms with Crippen LogP contribution in [0.15, 0.2) is 60.7 Å². The first-order valence-corrected chi connectivity index (χ1v) is 22.5. The molecule has 4 aliphatic rings. The fraction of sp³-hybridized carbons (Fsp3) is 0.467. The Labute approximate surface area is 342 Å². The molecule has 4 aromatic rings. The maximum absolute atomic E-state index is 14.2. The van der Waals surface area contributed by atoms with Gasteiger partial charge in [0.25, 0.3) is 0 Å². The fourth-order valence-electron chi connectivity index (χ4n) is 8.78. The van der Waals surface area contributed by atoms with Crippen LogP contribution >= 0.6 is 21.6 Å². The first-order valence-electron chi connectivity index (χ1n) is 20.1. The summed E-state index contributed by atoms with van der Waals surface area (Å²) in [6.45, 7) is 1.46. The number of Topliss-reactive ketones (excluding diaryl/α,β-unsaturated/α-hetero) is 2. The Morgan fingerprint density at radius 2 is 1.79 bits per heavy atom. The number of rotatable bonds is 10. The highest BCUT2D eigenvalue weighted by molar-refractivity contribution is 8.76. The van der Waals surface area contributed by atoms with Gasteiger partial charge < -0.3 is 35.2 Å². The molecule has 6 N–H and O–H groups in total. The molecule has 10 nitrogen and oxygen atoms in total. The van der Waals surface area contributed by atoms with Gasteiger partial charge in [-0.15, -0.1) is 0 Å². The summed E-state index contributed by atoms with van der Waals surface area (Å²) in [6, 6.07) is 18.8. The monoisotopic (exact) mass is 814 g/mol. The van der Waals surface area contributed by atoms with Crippen molar-refractivity contribution in [1.82, 2.24) is 5.32 Å². The van der Waals surface area contributed by atoms with Crippen molar-refractivity contribution in [1.29, 1.82) is 0 Å². The lowest BCUT2D eigenvalue weighted by Crippen LogP contribution is -2.41. The van der Waals surface area contributed by atoms with E-state index in [9.17, 15) is 30.0 Å². The number of phenolic OH excluding ortho intramolecular Hbond substituents is 2. The minimum absolute atomic E-state index is 0.00249. The zero-order valence-electron chi connectivity index (χ0n) is 32.7. The van der Waals surface area contributed by atoms with Crippen LogP contribution in [0.3, 0.4) is 0 Å². The molecule has 2 aliphatic heterocycles. The summed E-state index contributed by atoms with van der Waals surface area (Å²) in [5.74, 6) is 1.04. The molecule has 0 unspecified atom stereocenters. The number of aryl methyl sites for hydroxylation is 1. The van der Waals surface area contributed by atoms with Crippen molar-refractivity contribution in [3.05, 3.63) is 82.9 Å². The van der Waals surface area contributed by atoms with E-state index in [0.717, 1.165) is 77.1 Å². The Morgan fingerprint density at radius 3 is 2.54 bits per heavy atom. The quantitative estimate of drug-likeness (QED) is 0.0673. The molecular formula is C45H54N2O8S2. The van der Waals surface area contributed by atoms with Crippen LogP contribution in [0.5, 0.6) is 17.2 Å². The van der Waals surface area contributed by atoms with Crippen LogP contribution in [0, 0.1) is 5.92 Å². The van der Waals surface area contributed by atoms with Gasteiger partial charge in [-0.3, -0.25) is 14.9 Å². The van der Waals surface area contributed by atoms with Gasteiger partial charge in [-0.1, -0.05) is 64.8 Å². The lowest BCUT2D eigenvalue weighted by molar-refractivity contribution is -0.129. The van der Waals surface area contributed by atoms with Gasteiger partial charge in [-0.05, 0) is 115 Å². The number of hydrogen-bond acceptors (Lipinski definition) is 12. The molecule has 0 aromatic heterocycles. The molecule has 2 heterocycles. The number of anilines is 1. The van der Waals surface area contributed by atoms with E-state index >= 15 is 0 Å². The summed E-state index contributed by atoms with van der Waals surface area (Å²) < 4.78 is 12.9. The van der Waals surface area contributed by atoms with E-state index in [0.29, 0.717) is 35.6 Å². The highest BCUT2D eigenvalue weighted by Crippen LogP contribution is 2.48. The lowest BCUT2D eigenvalue weighted by Gasteiger charge is -2.38. The van der Waals surface area contributed by atoms with E-state index in [4.69, 9.17) is 9.47 Å². The number of phenols is 2. The Morgan fingerprint density at radius 1 is 0.982 bits per heavy atom. The van der Waals surface area contributed by atoms with Crippen molar-refractivity contribution in [3.8, 4) is 28.4 Å². The highest BCUT2D eigenvalue weighted by Gasteiger charge is 2.37. The number of fused-ring (bicyclic) bond motifs is 9. The zero-order chi connectivity index (χ0) is 40.1. The second-order valence-corrected chi connectivity index (χ2v) is 18.4. The molecule has 5 atom stereocenters. The number of hydrogen-bond donors (Lipinski definition) is 6. The fourth-order valence-corrected chi connectivity index (χ4v) is 11.7. The topological polar surface area (TPSA) is 158 Å². The van der Waals surface area contributed by atoms with Crippen LogP contribution < -0.4 is 15.4 Å². The number of ketones is 2. The molecule has 12 heteroatoms. The maximum atomic E-state index is 14.2. The van der Waals surface area contributed by atoms with E-state index in [2.05, 4.69) is 10.6 Å². The molecule has 2 bridgehead atoms. The van der Waals surface area contributed by atoms with Crippen LogP contribution in [0.2, 0.25) is 0 Å². The normalized spacial score (nSPS) is 22.6. The number of carbonyl (C=O) groups excluding carboxylic acids is 2. The van der Waals surface area contributed by atoms with Gasteiger partial charge in [0.05, 0.1) is 32.5 Å². The summed E-state index contributed by atoms with van der Waals surface area (Å²) in [4.78, 5) is 25.9. The Bertz CT molecular complexity index is 2070. The van der Waals surface area contributed by atoms with E-state index < -0.39 is 18.4 Å². The molecule has 4 aromatic carbocycles. The standard InChI is InChI=1S/C45H54N2O8S2/c1-26(49)23-46-38-16-10-30(19-31(38)24-48)45(47-32-5-3-4-6-32)55-41-22-34(51)14-8-28-11-17-39(52)44(54-2)43(28)35-15-9-27-7-13-33(50)21-36(27)37(35)25-56-57-42-18-12-29(41)20-40(42)53/h7,9-11,13,15-17,19,21,29,32,40-42,45-48,50,52-53H,3-6,8,12,14,18,20,22-25H2,1-2H3/t29-,40+,41-,42-,45-/m0/s1. The Kier molecular flexibility index (Phi) is 13.7. The minimum atomic E-state index is -0.599. The number of ether oxygens (including phenoxy) is 2. The average molecular weight is 815 g/mol. The number of nitrogens with one attached hydrogen (secondary N) is 2. The molecule has 0 spiro atoms. The molecule has 0 amide bonds. The van der Waals surface area contributed by atoms with Gasteiger partial charge in [0.2, 0.25) is 0 Å². The molecule has 0 radical (unpaired) electrons. The Balaban J connectivity index is 1.23. The van der Waals surface area contributed by atoms with Crippen molar-refractivity contribution < 1.29 is 39.5 Å². The number of aliphatic hydroxyl groups is 2. The molecule has 0 saturated heterocycles. The summed E-state index contributed by atoms with van der Waals surface area (Å²) in [5, 5.41) is 52.3. The van der Waals surface area contributed by atoms with Crippen LogP contribution in [-0.2, 0) is 33.1 Å². The third kappa shape index (κ3) is 9.75. The molecule has 57 heavy (non-hydrogen) atoms. The van der Waals surface area contributed by atoms with Crippen molar-refractivity contribution in [3.63, 3.8) is 0 Å². The van der Waals surface area contributed by atoms with Gasteiger partial charge in [-0.25, -0.2) is 0 Å². The Hall–Kier alpha value is -3.78. The maximum Gasteiger partial charge on any atom is 0.168 e. The molecule has 8 rings (SSSR count). The smallest absolute Gasteiger partial charge is 0.168 e. The highest BCUT2D eigenvalue weighted by atomic mass is 33.1. The number of aliphatic hydroxyl groups excluding tert-OH is 2. The molecular weight excluding hydrogens is 761 g/mol. The second-order valence-electron chi connectivity index (χ2n) is 15.8. The summed E-state index contributed by atoms with van der Waals surface area (Å²) in [6.07, 6.45) is 5.55. The van der Waals surface area contributed by atoms with Crippen molar-refractivity contribution >= 4 is 49.6 Å². The number of aromatic hydroxyl groups is 2. The van der Waals surface area contributed by atoms with Gasteiger partial charge in [0, 0.05) is 46.7 Å². The summed E-state index contributed by atoms with van der Waals surface area (Å²) >= 11 is 0. The van der Waals surface area contributed by atoms with Gasteiger partial charge in [0.15, 0.2) is 11.5 Å². The van der Waals surface area contributed by atoms with Gasteiger partial charge in [-0.2, -0.15) is 0 Å². The number of carbonyl (C=O) groups is 2. The van der Waals surface area contributed by atoms with Gasteiger partial charge >= 0.3 is 0 Å². The van der Waals surface area contributed by atoms with Crippen LogP contribution in [0.4, 0.5) is 5.69 Å². The predicted octanol–water partition coefficient (Wildman–Crippen LogP) is 8.35. The molecule has 2 saturated carbocycles. The third-order valence-electron chi connectivity index (χ3n) is 11.8.